The lowest BCUT2D eigenvalue weighted by molar-refractivity contribution is -0.167. The summed E-state index contributed by atoms with van der Waals surface area (Å²) in [6, 6.07) is 6.31. The van der Waals surface area contributed by atoms with Crippen LogP contribution in [0.25, 0.3) is 0 Å². The number of amides is 1. The van der Waals surface area contributed by atoms with E-state index in [-0.39, 0.29) is 23.9 Å². The maximum absolute atomic E-state index is 12.9. The highest BCUT2D eigenvalue weighted by Crippen LogP contribution is 2.26. The molecule has 5 heteroatoms. The highest BCUT2D eigenvalue weighted by molar-refractivity contribution is 5.78. The number of nitrogens with zero attached hydrogens (tertiary/aromatic N) is 1. The Morgan fingerprint density at radius 3 is 2.85 bits per heavy atom. The Bertz CT molecular complexity index is 483. The normalized spacial score (nSPS) is 27.1. The van der Waals surface area contributed by atoms with E-state index < -0.39 is 0 Å². The first kappa shape index (κ1) is 13.5. The average molecular weight is 278 g/mol. The quantitative estimate of drug-likeness (QED) is 0.887. The van der Waals surface area contributed by atoms with Gasteiger partial charge in [0.05, 0.1) is 12.1 Å². The smallest absolute Gasteiger partial charge is 0.249 e. The van der Waals surface area contributed by atoms with Gasteiger partial charge in [0, 0.05) is 13.1 Å². The lowest BCUT2D eigenvalue weighted by atomic mass is 9.91. The Morgan fingerprint density at radius 1 is 1.35 bits per heavy atom. The van der Waals surface area contributed by atoms with Gasteiger partial charge in [0.25, 0.3) is 0 Å². The fraction of sp³-hybridized carbons (Fsp3) is 0.533. The highest BCUT2D eigenvalue weighted by Gasteiger charge is 2.40. The van der Waals surface area contributed by atoms with Gasteiger partial charge in [-0.05, 0) is 37.1 Å². The summed E-state index contributed by atoms with van der Waals surface area (Å²) in [7, 11) is 0. The summed E-state index contributed by atoms with van der Waals surface area (Å²) < 4.78 is 18.7. The molecular weight excluding hydrogens is 259 g/mol. The summed E-state index contributed by atoms with van der Waals surface area (Å²) in [5, 5.41) is 3.34. The molecule has 0 bridgehead atoms. The van der Waals surface area contributed by atoms with E-state index >= 15 is 0 Å². The van der Waals surface area contributed by atoms with Crippen molar-refractivity contribution < 1.29 is 13.9 Å². The molecule has 0 aliphatic carbocycles. The third kappa shape index (κ3) is 2.83. The third-order valence-electron chi connectivity index (χ3n) is 4.05. The van der Waals surface area contributed by atoms with Gasteiger partial charge in [0.1, 0.15) is 12.4 Å². The van der Waals surface area contributed by atoms with Crippen LogP contribution in [0.4, 0.5) is 4.39 Å². The Morgan fingerprint density at radius 2 is 2.15 bits per heavy atom. The Kier molecular flexibility index (Phi) is 3.72. The van der Waals surface area contributed by atoms with E-state index in [4.69, 9.17) is 4.74 Å². The number of ether oxygens (including phenoxy) is 1. The van der Waals surface area contributed by atoms with Crippen LogP contribution in [0.15, 0.2) is 24.3 Å². The van der Waals surface area contributed by atoms with Crippen LogP contribution in [0.3, 0.4) is 0 Å². The van der Waals surface area contributed by atoms with Crippen LogP contribution >= 0.6 is 0 Å². The third-order valence-corrected chi connectivity index (χ3v) is 4.05. The minimum absolute atomic E-state index is 0.00511. The lowest BCUT2D eigenvalue weighted by Gasteiger charge is -2.44. The molecule has 0 radical (unpaired) electrons. The van der Waals surface area contributed by atoms with Crippen molar-refractivity contribution in [1.82, 2.24) is 10.2 Å². The molecule has 108 valence electrons. The minimum atomic E-state index is -0.255. The molecule has 2 saturated heterocycles. The van der Waals surface area contributed by atoms with Crippen molar-refractivity contribution in [3.05, 3.63) is 35.6 Å². The monoisotopic (exact) mass is 278 g/mol. The number of morpholine rings is 1. The zero-order valence-corrected chi connectivity index (χ0v) is 11.4. The summed E-state index contributed by atoms with van der Waals surface area (Å²) in [5.74, 6) is -0.250. The van der Waals surface area contributed by atoms with Crippen molar-refractivity contribution in [3.8, 4) is 0 Å². The van der Waals surface area contributed by atoms with Gasteiger partial charge in [-0.25, -0.2) is 4.39 Å². The van der Waals surface area contributed by atoms with Gasteiger partial charge >= 0.3 is 0 Å². The Hall–Kier alpha value is -1.46. The molecule has 0 saturated carbocycles. The topological polar surface area (TPSA) is 41.6 Å². The molecule has 2 aliphatic heterocycles. The molecule has 1 aromatic carbocycles. The number of carbonyl (C=O) groups is 1. The van der Waals surface area contributed by atoms with Crippen LogP contribution in [0, 0.1) is 5.82 Å². The lowest BCUT2D eigenvalue weighted by Crippen LogP contribution is -2.60. The molecule has 1 atom stereocenters. The second kappa shape index (κ2) is 5.50. The molecular formula is C15H19FN2O2. The molecule has 20 heavy (non-hydrogen) atoms. The SMILES string of the molecule is O=C1COC2(CCCNC2)CN1Cc1ccc(F)cc1. The van der Waals surface area contributed by atoms with Crippen LogP contribution in [0.1, 0.15) is 18.4 Å². The second-order valence-corrected chi connectivity index (χ2v) is 5.63. The zero-order chi connectivity index (χ0) is 14.0. The van der Waals surface area contributed by atoms with Gasteiger partial charge in [-0.15, -0.1) is 0 Å². The molecule has 2 aliphatic rings. The van der Waals surface area contributed by atoms with Crippen LogP contribution in [0.2, 0.25) is 0 Å². The fourth-order valence-electron chi connectivity index (χ4n) is 2.94. The predicted octanol–water partition coefficient (Wildman–Crippen LogP) is 1.31. The summed E-state index contributed by atoms with van der Waals surface area (Å²) in [6.07, 6.45) is 2.05. The van der Waals surface area contributed by atoms with Crippen LogP contribution in [0.5, 0.6) is 0 Å². The number of nitrogens with one attached hydrogen (secondary N) is 1. The molecule has 3 rings (SSSR count). The van der Waals surface area contributed by atoms with Gasteiger partial charge < -0.3 is 15.0 Å². The number of benzene rings is 1. The van der Waals surface area contributed by atoms with E-state index in [1.165, 1.54) is 12.1 Å². The first-order chi connectivity index (χ1) is 9.67. The molecule has 0 aromatic heterocycles. The van der Waals surface area contributed by atoms with Gasteiger partial charge in [-0.3, -0.25) is 4.79 Å². The molecule has 1 unspecified atom stereocenters. The molecule has 2 fully saturated rings. The molecule has 4 nitrogen and oxygen atoms in total. The first-order valence-electron chi connectivity index (χ1n) is 7.04. The van der Waals surface area contributed by atoms with Crippen molar-refractivity contribution in [2.75, 3.05) is 26.2 Å². The molecule has 1 aromatic rings. The van der Waals surface area contributed by atoms with Gasteiger partial charge in [-0.2, -0.15) is 0 Å². The van der Waals surface area contributed by atoms with Crippen LogP contribution in [-0.4, -0.2) is 42.6 Å². The van der Waals surface area contributed by atoms with E-state index in [2.05, 4.69) is 5.32 Å². The maximum Gasteiger partial charge on any atom is 0.249 e. The van der Waals surface area contributed by atoms with Crippen molar-refractivity contribution in [1.29, 1.82) is 0 Å². The summed E-state index contributed by atoms with van der Waals surface area (Å²) >= 11 is 0. The van der Waals surface area contributed by atoms with E-state index in [1.807, 2.05) is 4.90 Å². The highest BCUT2D eigenvalue weighted by atomic mass is 19.1. The van der Waals surface area contributed by atoms with Crippen LogP contribution in [-0.2, 0) is 16.1 Å². The van der Waals surface area contributed by atoms with Gasteiger partial charge in [0.15, 0.2) is 0 Å². The maximum atomic E-state index is 12.9. The van der Waals surface area contributed by atoms with Crippen molar-refractivity contribution in [2.45, 2.75) is 25.0 Å². The van der Waals surface area contributed by atoms with Crippen molar-refractivity contribution >= 4 is 5.91 Å². The number of hydrogen-bond acceptors (Lipinski definition) is 3. The summed E-state index contributed by atoms with van der Waals surface area (Å²) in [4.78, 5) is 13.8. The van der Waals surface area contributed by atoms with Gasteiger partial charge in [-0.1, -0.05) is 12.1 Å². The van der Waals surface area contributed by atoms with Crippen molar-refractivity contribution in [2.24, 2.45) is 0 Å². The first-order valence-corrected chi connectivity index (χ1v) is 7.04. The molecule has 2 heterocycles. The predicted molar refractivity (Wildman–Crippen MR) is 72.6 cm³/mol. The summed E-state index contributed by atoms with van der Waals surface area (Å²) in [6.45, 7) is 3.07. The number of halogens is 1. The fourth-order valence-corrected chi connectivity index (χ4v) is 2.94. The second-order valence-electron chi connectivity index (χ2n) is 5.63. The van der Waals surface area contributed by atoms with Crippen LogP contribution < -0.4 is 5.32 Å². The van der Waals surface area contributed by atoms with E-state index in [9.17, 15) is 9.18 Å². The van der Waals surface area contributed by atoms with E-state index in [1.54, 1.807) is 12.1 Å². The number of carbonyl (C=O) groups excluding carboxylic acids is 1. The average Bonchev–Trinajstić information content (AvgIpc) is 2.47. The standard InChI is InChI=1S/C15H19FN2O2/c16-13-4-2-12(3-5-13)8-18-11-15(20-9-14(18)19)6-1-7-17-10-15/h2-5,17H,1,6-11H2. The minimum Gasteiger partial charge on any atom is -0.362 e. The van der Waals surface area contributed by atoms with E-state index in [0.29, 0.717) is 13.1 Å². The largest absolute Gasteiger partial charge is 0.362 e. The number of hydrogen-bond donors (Lipinski definition) is 1. The Labute approximate surface area is 117 Å². The number of rotatable bonds is 2. The zero-order valence-electron chi connectivity index (χ0n) is 11.4. The molecule has 1 spiro atoms. The van der Waals surface area contributed by atoms with E-state index in [0.717, 1.165) is 31.5 Å². The number of piperidine rings is 1. The summed E-state index contributed by atoms with van der Waals surface area (Å²) in [5.41, 5.74) is 0.701. The van der Waals surface area contributed by atoms with Crippen molar-refractivity contribution in [3.63, 3.8) is 0 Å². The molecule has 1 N–H and O–H groups in total. The Balaban J connectivity index is 1.70. The van der Waals surface area contributed by atoms with Gasteiger partial charge in [0.2, 0.25) is 5.91 Å². The molecule has 1 amide bonds.